The minimum Gasteiger partial charge on any atom is -0.345 e. The number of primary sulfonamides is 1. The molecule has 3 N–H and O–H groups in total. The summed E-state index contributed by atoms with van der Waals surface area (Å²) in [5.41, 5.74) is 4.23. The highest BCUT2D eigenvalue weighted by Crippen LogP contribution is 2.22. The molecule has 7 heteroatoms. The summed E-state index contributed by atoms with van der Waals surface area (Å²) < 4.78 is 22.7. The fraction of sp³-hybridized carbons (Fsp3) is 0.278. The average molecular weight is 378 g/mol. The maximum Gasteiger partial charge on any atom is 0.238 e. The number of nitrogens with two attached hydrogens (primary N) is 1. The van der Waals surface area contributed by atoms with Crippen LogP contribution < -0.4 is 10.5 Å². The van der Waals surface area contributed by atoms with Gasteiger partial charge in [-0.15, -0.1) is 0 Å². The van der Waals surface area contributed by atoms with Crippen molar-refractivity contribution in [3.05, 3.63) is 59.2 Å². The van der Waals surface area contributed by atoms with Crippen LogP contribution >= 0.6 is 12.2 Å². The number of benzene rings is 2. The van der Waals surface area contributed by atoms with E-state index in [4.69, 9.17) is 17.4 Å². The maximum absolute atomic E-state index is 11.4. The molecule has 0 saturated heterocycles. The molecule has 5 nitrogen and oxygen atoms in total. The molecule has 2 aromatic rings. The van der Waals surface area contributed by atoms with Crippen LogP contribution in [0.25, 0.3) is 0 Å². The Morgan fingerprint density at radius 1 is 1.12 bits per heavy atom. The molecule has 0 radical (unpaired) electrons. The van der Waals surface area contributed by atoms with E-state index >= 15 is 0 Å². The summed E-state index contributed by atoms with van der Waals surface area (Å²) in [4.78, 5) is 2.03. The van der Waals surface area contributed by atoms with Gasteiger partial charge in [0.05, 0.1) is 10.9 Å². The number of thiocarbonyl (C=S) groups is 1. The Labute approximate surface area is 154 Å². The summed E-state index contributed by atoms with van der Waals surface area (Å²) in [6.45, 7) is 6.09. The molecular formula is C18H23N3O2S2. The minimum absolute atomic E-state index is 0.0274. The highest BCUT2D eigenvalue weighted by atomic mass is 32.2. The zero-order valence-electron chi connectivity index (χ0n) is 14.8. The highest BCUT2D eigenvalue weighted by molar-refractivity contribution is 7.89. The van der Waals surface area contributed by atoms with Crippen molar-refractivity contribution >= 4 is 33.0 Å². The van der Waals surface area contributed by atoms with E-state index in [1.54, 1.807) is 12.1 Å². The van der Waals surface area contributed by atoms with Crippen molar-refractivity contribution in [2.75, 3.05) is 12.4 Å². The molecule has 0 saturated carbocycles. The largest absolute Gasteiger partial charge is 0.345 e. The van der Waals surface area contributed by atoms with Crippen LogP contribution in [0.4, 0.5) is 5.69 Å². The molecule has 1 atom stereocenters. The lowest BCUT2D eigenvalue weighted by Gasteiger charge is -2.28. The van der Waals surface area contributed by atoms with E-state index in [2.05, 4.69) is 11.4 Å². The van der Waals surface area contributed by atoms with Gasteiger partial charge in [0.25, 0.3) is 0 Å². The first kappa shape index (κ1) is 19.4. The van der Waals surface area contributed by atoms with Gasteiger partial charge in [0.2, 0.25) is 10.0 Å². The Morgan fingerprint density at radius 2 is 1.64 bits per heavy atom. The van der Waals surface area contributed by atoms with Crippen molar-refractivity contribution in [2.45, 2.75) is 31.7 Å². The smallest absolute Gasteiger partial charge is 0.238 e. The summed E-state index contributed by atoms with van der Waals surface area (Å²) in [5, 5.41) is 8.97. The molecule has 2 rings (SSSR count). The first-order valence-corrected chi connectivity index (χ1v) is 9.78. The van der Waals surface area contributed by atoms with Gasteiger partial charge in [-0.25, -0.2) is 13.6 Å². The summed E-state index contributed by atoms with van der Waals surface area (Å²) in [5.74, 6) is 0. The van der Waals surface area contributed by atoms with Crippen molar-refractivity contribution in [3.8, 4) is 0 Å². The fourth-order valence-electron chi connectivity index (χ4n) is 2.59. The van der Waals surface area contributed by atoms with Gasteiger partial charge in [-0.3, -0.25) is 0 Å². The molecule has 134 valence electrons. The molecular weight excluding hydrogens is 354 g/mol. The van der Waals surface area contributed by atoms with Gasteiger partial charge in [0.15, 0.2) is 5.11 Å². The van der Waals surface area contributed by atoms with Crippen LogP contribution in [0.3, 0.4) is 0 Å². The molecule has 0 spiro atoms. The molecule has 0 aliphatic carbocycles. The molecule has 0 unspecified atom stereocenters. The van der Waals surface area contributed by atoms with Crippen LogP contribution in [0.5, 0.6) is 0 Å². The molecule has 2 aromatic carbocycles. The van der Waals surface area contributed by atoms with Gasteiger partial charge < -0.3 is 10.2 Å². The maximum atomic E-state index is 11.4. The monoisotopic (exact) mass is 377 g/mol. The van der Waals surface area contributed by atoms with Crippen LogP contribution in [0.2, 0.25) is 0 Å². The number of nitrogens with one attached hydrogen (secondary N) is 1. The second-order valence-electron chi connectivity index (χ2n) is 6.21. The average Bonchev–Trinajstić information content (AvgIpc) is 2.51. The molecule has 0 aliphatic heterocycles. The molecule has 25 heavy (non-hydrogen) atoms. The van der Waals surface area contributed by atoms with E-state index in [9.17, 15) is 8.42 Å². The van der Waals surface area contributed by atoms with E-state index in [0.717, 1.165) is 11.3 Å². The van der Waals surface area contributed by atoms with Crippen LogP contribution in [0.15, 0.2) is 47.4 Å². The number of anilines is 1. The van der Waals surface area contributed by atoms with Crippen LogP contribution in [0.1, 0.15) is 29.7 Å². The Bertz CT molecular complexity index is 857. The van der Waals surface area contributed by atoms with Gasteiger partial charge >= 0.3 is 0 Å². The van der Waals surface area contributed by atoms with E-state index < -0.39 is 10.0 Å². The third-order valence-corrected chi connectivity index (χ3v) is 5.38. The zero-order chi connectivity index (χ0) is 18.8. The molecule has 0 amide bonds. The van der Waals surface area contributed by atoms with Crippen LogP contribution in [-0.2, 0) is 10.0 Å². The number of hydrogen-bond donors (Lipinski definition) is 2. The third kappa shape index (κ3) is 5.01. The fourth-order valence-corrected chi connectivity index (χ4v) is 3.39. The predicted octanol–water partition coefficient (Wildman–Crippen LogP) is 3.34. The van der Waals surface area contributed by atoms with Crippen LogP contribution in [0, 0.1) is 13.8 Å². The van der Waals surface area contributed by atoms with Crippen molar-refractivity contribution in [1.29, 1.82) is 0 Å². The first-order chi connectivity index (χ1) is 11.6. The molecule has 0 bridgehead atoms. The highest BCUT2D eigenvalue weighted by Gasteiger charge is 2.16. The minimum atomic E-state index is -3.68. The van der Waals surface area contributed by atoms with Gasteiger partial charge in [0.1, 0.15) is 0 Å². The lowest BCUT2D eigenvalue weighted by atomic mass is 10.1. The Balaban J connectivity index is 2.13. The standard InChI is InChI=1S/C18H23N3O2S2/c1-12-9-13(2)11-16(10-12)20-18(24)21(4)14(3)15-5-7-17(8-6-15)25(19,22)23/h5-11,14H,1-4H3,(H,20,24)(H2,19,22,23)/t14-/m0/s1. The van der Waals surface area contributed by atoms with Gasteiger partial charge in [-0.1, -0.05) is 18.2 Å². The number of nitrogens with zero attached hydrogens (tertiary/aromatic N) is 1. The Morgan fingerprint density at radius 3 is 2.12 bits per heavy atom. The molecule has 0 aliphatic rings. The summed E-state index contributed by atoms with van der Waals surface area (Å²) in [7, 11) is -1.78. The molecule has 0 fully saturated rings. The van der Waals surface area contributed by atoms with Crippen LogP contribution in [-0.4, -0.2) is 25.5 Å². The first-order valence-electron chi connectivity index (χ1n) is 7.83. The lowest BCUT2D eigenvalue weighted by molar-refractivity contribution is 0.408. The predicted molar refractivity (Wildman–Crippen MR) is 106 cm³/mol. The lowest BCUT2D eigenvalue weighted by Crippen LogP contribution is -2.33. The van der Waals surface area contributed by atoms with Crippen molar-refractivity contribution < 1.29 is 8.42 Å². The van der Waals surface area contributed by atoms with E-state index in [-0.39, 0.29) is 10.9 Å². The van der Waals surface area contributed by atoms with Gasteiger partial charge in [0, 0.05) is 12.7 Å². The second kappa shape index (κ2) is 7.51. The normalized spacial score (nSPS) is 12.5. The Kier molecular flexibility index (Phi) is 5.82. The summed E-state index contributed by atoms with van der Waals surface area (Å²) in [6, 6.07) is 12.7. The Hall–Kier alpha value is -1.96. The van der Waals surface area contributed by atoms with E-state index in [0.29, 0.717) is 5.11 Å². The molecule has 0 heterocycles. The van der Waals surface area contributed by atoms with Gasteiger partial charge in [-0.2, -0.15) is 0 Å². The second-order valence-corrected chi connectivity index (χ2v) is 8.16. The van der Waals surface area contributed by atoms with Crippen molar-refractivity contribution in [1.82, 2.24) is 4.90 Å². The topological polar surface area (TPSA) is 75.4 Å². The number of aryl methyl sites for hydroxylation is 2. The third-order valence-electron chi connectivity index (χ3n) is 4.07. The van der Waals surface area contributed by atoms with E-state index in [1.807, 2.05) is 44.9 Å². The van der Waals surface area contributed by atoms with E-state index in [1.165, 1.54) is 23.3 Å². The summed E-state index contributed by atoms with van der Waals surface area (Å²) >= 11 is 5.51. The number of hydrogen-bond acceptors (Lipinski definition) is 3. The van der Waals surface area contributed by atoms with Gasteiger partial charge in [-0.05, 0) is 73.9 Å². The number of sulfonamides is 1. The summed E-state index contributed by atoms with van der Waals surface area (Å²) in [6.07, 6.45) is 0. The van der Waals surface area contributed by atoms with Crippen molar-refractivity contribution in [3.63, 3.8) is 0 Å². The molecule has 0 aromatic heterocycles. The number of rotatable bonds is 4. The quantitative estimate of drug-likeness (QED) is 0.799. The van der Waals surface area contributed by atoms with Crippen molar-refractivity contribution in [2.24, 2.45) is 5.14 Å². The SMILES string of the molecule is Cc1cc(C)cc(NC(=S)N(C)[C@@H](C)c2ccc(S(N)(=O)=O)cc2)c1. The zero-order valence-corrected chi connectivity index (χ0v) is 16.4.